The summed E-state index contributed by atoms with van der Waals surface area (Å²) in [5.41, 5.74) is 1.89. The second-order valence-electron chi connectivity index (χ2n) is 9.04. The molecule has 6 heteroatoms. The zero-order valence-electron chi connectivity index (χ0n) is 19.2. The molecule has 0 aliphatic rings. The Kier molecular flexibility index (Phi) is 5.24. The van der Waals surface area contributed by atoms with E-state index in [-0.39, 0.29) is 10.9 Å². The molecule has 0 fully saturated rings. The molecule has 172 valence electrons. The van der Waals surface area contributed by atoms with Gasteiger partial charge in [-0.2, -0.15) is 0 Å². The Hall–Kier alpha value is -3.93. The number of aromatic amines is 2. The number of benzene rings is 3. The highest BCUT2D eigenvalue weighted by molar-refractivity contribution is 6.02. The molecule has 0 amide bonds. The molecular weight excluding hydrogens is 428 g/mol. The number of carboxylic acids is 1. The number of fused-ring (bicyclic) bond motifs is 4. The van der Waals surface area contributed by atoms with Crippen LogP contribution in [0.3, 0.4) is 0 Å². The molecule has 0 bridgehead atoms. The summed E-state index contributed by atoms with van der Waals surface area (Å²) in [6.45, 7) is 3.96. The topological polar surface area (TPSA) is 103 Å². The minimum Gasteiger partial charge on any atom is -0.481 e. The number of pyridine rings is 2. The lowest BCUT2D eigenvalue weighted by Crippen LogP contribution is -2.35. The second kappa shape index (κ2) is 8.13. The van der Waals surface area contributed by atoms with Gasteiger partial charge in [0.2, 0.25) is 0 Å². The Morgan fingerprint density at radius 2 is 1.26 bits per heavy atom. The van der Waals surface area contributed by atoms with E-state index in [1.807, 2.05) is 32.0 Å². The van der Waals surface area contributed by atoms with E-state index in [1.165, 1.54) is 0 Å². The maximum Gasteiger partial charge on any atom is 0.314 e. The zero-order valence-corrected chi connectivity index (χ0v) is 19.2. The van der Waals surface area contributed by atoms with Gasteiger partial charge in [0.25, 0.3) is 0 Å². The largest absolute Gasteiger partial charge is 0.481 e. The van der Waals surface area contributed by atoms with Crippen molar-refractivity contribution in [2.75, 3.05) is 0 Å². The number of aliphatic carboxylic acids is 1. The molecule has 3 aromatic carbocycles. The number of nitrogens with one attached hydrogen (secondary N) is 2. The van der Waals surface area contributed by atoms with Crippen molar-refractivity contribution in [2.24, 2.45) is 0 Å². The van der Waals surface area contributed by atoms with Gasteiger partial charge in [-0.05, 0) is 54.8 Å². The number of aromatic nitrogens is 2. The van der Waals surface area contributed by atoms with E-state index in [0.717, 1.165) is 18.4 Å². The third kappa shape index (κ3) is 3.21. The second-order valence-corrected chi connectivity index (χ2v) is 9.04. The van der Waals surface area contributed by atoms with Gasteiger partial charge in [0.05, 0.1) is 22.0 Å². The first kappa shape index (κ1) is 21.9. The van der Waals surface area contributed by atoms with Crippen LogP contribution in [0.2, 0.25) is 0 Å². The average molecular weight is 455 g/mol. The fourth-order valence-corrected chi connectivity index (χ4v) is 5.30. The van der Waals surface area contributed by atoms with Crippen LogP contribution >= 0.6 is 0 Å². The summed E-state index contributed by atoms with van der Waals surface area (Å²) >= 11 is 0. The van der Waals surface area contributed by atoms with Gasteiger partial charge < -0.3 is 15.1 Å². The van der Waals surface area contributed by atoms with Crippen LogP contribution in [0.4, 0.5) is 0 Å². The van der Waals surface area contributed by atoms with Gasteiger partial charge in [0.15, 0.2) is 10.9 Å². The highest BCUT2D eigenvalue weighted by atomic mass is 16.4. The molecule has 0 saturated heterocycles. The fraction of sp³-hybridized carbons (Fsp3) is 0.250. The van der Waals surface area contributed by atoms with Crippen LogP contribution in [0, 0.1) is 0 Å². The summed E-state index contributed by atoms with van der Waals surface area (Å²) in [5.74, 6) is -0.844. The van der Waals surface area contributed by atoms with E-state index >= 15 is 0 Å². The summed E-state index contributed by atoms with van der Waals surface area (Å²) in [6, 6.07) is 16.0. The molecule has 0 aliphatic heterocycles. The molecule has 0 radical (unpaired) electrons. The Morgan fingerprint density at radius 1 is 0.735 bits per heavy atom. The smallest absolute Gasteiger partial charge is 0.314 e. The predicted molar refractivity (Wildman–Crippen MR) is 137 cm³/mol. The Bertz CT molecular complexity index is 1710. The summed E-state index contributed by atoms with van der Waals surface area (Å²) in [6.07, 6.45) is 2.52. The van der Waals surface area contributed by atoms with Gasteiger partial charge >= 0.3 is 5.97 Å². The van der Waals surface area contributed by atoms with Crippen molar-refractivity contribution in [1.82, 2.24) is 9.97 Å². The van der Waals surface area contributed by atoms with E-state index in [0.29, 0.717) is 56.5 Å². The first-order valence-electron chi connectivity index (χ1n) is 11.7. The van der Waals surface area contributed by atoms with Crippen LogP contribution in [-0.2, 0) is 10.2 Å². The molecule has 2 heterocycles. The fourth-order valence-electron chi connectivity index (χ4n) is 5.30. The molecular formula is C28H26N2O4. The first-order chi connectivity index (χ1) is 16.4. The van der Waals surface area contributed by atoms with Gasteiger partial charge in [0, 0.05) is 27.1 Å². The molecule has 0 aliphatic carbocycles. The van der Waals surface area contributed by atoms with Gasteiger partial charge in [-0.25, -0.2) is 0 Å². The zero-order chi connectivity index (χ0) is 24.0. The lowest BCUT2D eigenvalue weighted by molar-refractivity contribution is -0.144. The van der Waals surface area contributed by atoms with Crippen molar-refractivity contribution in [3.05, 3.63) is 80.6 Å². The maximum absolute atomic E-state index is 13.4. The van der Waals surface area contributed by atoms with Gasteiger partial charge in [-0.15, -0.1) is 0 Å². The van der Waals surface area contributed by atoms with Crippen molar-refractivity contribution in [3.8, 4) is 0 Å². The molecule has 3 N–H and O–H groups in total. The number of carboxylic acid groups (broad SMARTS) is 1. The number of H-pyrrole nitrogens is 2. The SMILES string of the molecule is CCCC(CCC)(C(=O)O)c1ccc2c(=O)c3cc4[nH]c5ccccc5c(=O)c4cc3[nH]c2c1. The third-order valence-corrected chi connectivity index (χ3v) is 6.94. The van der Waals surface area contributed by atoms with Crippen LogP contribution in [0.25, 0.3) is 43.6 Å². The van der Waals surface area contributed by atoms with Crippen LogP contribution in [0.5, 0.6) is 0 Å². The molecule has 0 spiro atoms. The Balaban J connectivity index is 1.81. The lowest BCUT2D eigenvalue weighted by atomic mass is 9.73. The van der Waals surface area contributed by atoms with Crippen LogP contribution in [0.15, 0.2) is 64.2 Å². The molecule has 0 atom stereocenters. The minimum atomic E-state index is -0.997. The summed E-state index contributed by atoms with van der Waals surface area (Å²) in [7, 11) is 0. The third-order valence-electron chi connectivity index (χ3n) is 6.94. The maximum atomic E-state index is 13.4. The Morgan fingerprint density at radius 3 is 1.85 bits per heavy atom. The normalized spacial score (nSPS) is 12.2. The van der Waals surface area contributed by atoms with Crippen LogP contribution in [-0.4, -0.2) is 21.0 Å². The monoisotopic (exact) mass is 454 g/mol. The summed E-state index contributed by atoms with van der Waals surface area (Å²) in [5, 5.41) is 12.2. The number of rotatable bonds is 6. The number of carbonyl (C=O) groups is 1. The number of hydrogen-bond donors (Lipinski definition) is 3. The first-order valence-corrected chi connectivity index (χ1v) is 11.7. The quantitative estimate of drug-likeness (QED) is 0.291. The molecule has 2 aromatic heterocycles. The minimum absolute atomic E-state index is 0.100. The van der Waals surface area contributed by atoms with Crippen molar-refractivity contribution in [3.63, 3.8) is 0 Å². The van der Waals surface area contributed by atoms with Crippen molar-refractivity contribution < 1.29 is 9.90 Å². The van der Waals surface area contributed by atoms with Crippen molar-refractivity contribution >= 4 is 49.6 Å². The average Bonchev–Trinajstić information content (AvgIpc) is 2.83. The van der Waals surface area contributed by atoms with E-state index in [1.54, 1.807) is 36.4 Å². The van der Waals surface area contributed by atoms with Crippen molar-refractivity contribution in [2.45, 2.75) is 44.9 Å². The number of hydrogen-bond acceptors (Lipinski definition) is 3. The molecule has 34 heavy (non-hydrogen) atoms. The highest BCUT2D eigenvalue weighted by Gasteiger charge is 2.38. The van der Waals surface area contributed by atoms with E-state index < -0.39 is 11.4 Å². The van der Waals surface area contributed by atoms with Crippen LogP contribution in [0.1, 0.15) is 45.1 Å². The summed E-state index contributed by atoms with van der Waals surface area (Å²) in [4.78, 5) is 45.5. The van der Waals surface area contributed by atoms with E-state index in [2.05, 4.69) is 9.97 Å². The predicted octanol–water partition coefficient (Wildman–Crippen LogP) is 5.60. The van der Waals surface area contributed by atoms with Gasteiger partial charge in [-0.3, -0.25) is 14.4 Å². The highest BCUT2D eigenvalue weighted by Crippen LogP contribution is 2.36. The van der Waals surface area contributed by atoms with Crippen LogP contribution < -0.4 is 10.9 Å². The molecule has 5 rings (SSSR count). The van der Waals surface area contributed by atoms with Gasteiger partial charge in [-0.1, -0.05) is 44.9 Å². The Labute approximate surface area is 195 Å². The number of para-hydroxylation sites is 1. The molecule has 5 aromatic rings. The lowest BCUT2D eigenvalue weighted by Gasteiger charge is -2.29. The summed E-state index contributed by atoms with van der Waals surface area (Å²) < 4.78 is 0. The van der Waals surface area contributed by atoms with Crippen molar-refractivity contribution in [1.29, 1.82) is 0 Å². The van der Waals surface area contributed by atoms with Gasteiger partial charge in [0.1, 0.15) is 0 Å². The molecule has 0 saturated carbocycles. The standard InChI is InChI=1S/C28H26N2O4/c1-3-11-28(12-4-2,27(33)34)16-9-10-18-22(13-16)30-24-15-19-23(14-20(24)26(18)32)29-21-8-6-5-7-17(21)25(19)31/h5-10,13-15H,3-4,11-12H2,1-2H3,(H,29,31)(H,30,32)(H,33,34). The molecule has 6 nitrogen and oxygen atoms in total. The van der Waals surface area contributed by atoms with E-state index in [4.69, 9.17) is 0 Å². The molecule has 0 unspecified atom stereocenters. The van der Waals surface area contributed by atoms with E-state index in [9.17, 15) is 19.5 Å².